The molecule has 3 nitrogen and oxygen atoms in total. The molecule has 0 aliphatic carbocycles. The van der Waals surface area contributed by atoms with Crippen molar-refractivity contribution in [2.75, 3.05) is 5.75 Å². The van der Waals surface area contributed by atoms with Crippen LogP contribution in [0, 0.1) is 5.92 Å². The molecular weight excluding hydrogens is 258 g/mol. The number of nitrogens with one attached hydrogen (secondary N) is 1. The van der Waals surface area contributed by atoms with E-state index in [0.29, 0.717) is 23.3 Å². The molecule has 2 rings (SSSR count). The lowest BCUT2D eigenvalue weighted by Crippen LogP contribution is -2.35. The molecule has 0 bridgehead atoms. The van der Waals surface area contributed by atoms with Gasteiger partial charge in [0, 0.05) is 12.1 Å². The third-order valence-electron chi connectivity index (χ3n) is 3.62. The summed E-state index contributed by atoms with van der Waals surface area (Å²) in [5.41, 5.74) is 0.935. The highest BCUT2D eigenvalue weighted by atomic mass is 32.2. The molecule has 0 saturated carbocycles. The van der Waals surface area contributed by atoms with Crippen LogP contribution in [0.2, 0.25) is 0 Å². The van der Waals surface area contributed by atoms with Crippen LogP contribution in [-0.2, 0) is 9.84 Å². The van der Waals surface area contributed by atoms with Crippen LogP contribution in [0.15, 0.2) is 29.2 Å². The van der Waals surface area contributed by atoms with Crippen LogP contribution in [0.4, 0.5) is 0 Å². The van der Waals surface area contributed by atoms with Crippen molar-refractivity contribution in [2.24, 2.45) is 5.92 Å². The van der Waals surface area contributed by atoms with Crippen LogP contribution in [0.25, 0.3) is 0 Å². The summed E-state index contributed by atoms with van der Waals surface area (Å²) in [4.78, 5) is 0.510. The predicted molar refractivity (Wildman–Crippen MR) is 77.9 cm³/mol. The van der Waals surface area contributed by atoms with E-state index in [4.69, 9.17) is 0 Å². The molecule has 1 aliphatic heterocycles. The highest BCUT2D eigenvalue weighted by Gasteiger charge is 2.30. The Balaban J connectivity index is 2.21. The Morgan fingerprint density at radius 3 is 2.63 bits per heavy atom. The molecule has 0 amide bonds. The molecule has 106 valence electrons. The first-order chi connectivity index (χ1) is 8.90. The van der Waals surface area contributed by atoms with Crippen LogP contribution in [0.1, 0.15) is 45.2 Å². The fraction of sp³-hybridized carbons (Fsp3) is 0.600. The fourth-order valence-corrected chi connectivity index (χ4v) is 4.50. The van der Waals surface area contributed by atoms with Crippen molar-refractivity contribution in [2.45, 2.75) is 50.6 Å². The molecule has 4 heteroatoms. The van der Waals surface area contributed by atoms with Crippen molar-refractivity contribution in [3.05, 3.63) is 29.8 Å². The molecule has 1 aliphatic rings. The lowest BCUT2D eigenvalue weighted by Gasteiger charge is -2.29. The highest BCUT2D eigenvalue weighted by Crippen LogP contribution is 2.32. The summed E-state index contributed by atoms with van der Waals surface area (Å²) in [6, 6.07) is 7.95. The number of hydrogen-bond donors (Lipinski definition) is 1. The van der Waals surface area contributed by atoms with Crippen molar-refractivity contribution in [1.29, 1.82) is 0 Å². The highest BCUT2D eigenvalue weighted by molar-refractivity contribution is 7.91. The van der Waals surface area contributed by atoms with E-state index in [2.05, 4.69) is 26.1 Å². The summed E-state index contributed by atoms with van der Waals surface area (Å²) >= 11 is 0. The standard InChI is InChI=1S/C15H23NO2S/c1-11(2)10-12(3)16-14-8-9-19(17,18)15-7-5-4-6-13(14)15/h4-7,11-12,14,16H,8-10H2,1-3H3. The lowest BCUT2D eigenvalue weighted by atomic mass is 10.00. The largest absolute Gasteiger partial charge is 0.307 e. The van der Waals surface area contributed by atoms with Gasteiger partial charge in [0.1, 0.15) is 0 Å². The van der Waals surface area contributed by atoms with E-state index < -0.39 is 9.84 Å². The molecule has 2 unspecified atom stereocenters. The molecule has 2 atom stereocenters. The lowest BCUT2D eigenvalue weighted by molar-refractivity contribution is 0.381. The summed E-state index contributed by atoms with van der Waals surface area (Å²) in [7, 11) is -3.07. The third-order valence-corrected chi connectivity index (χ3v) is 5.43. The minimum absolute atomic E-state index is 0.161. The van der Waals surface area contributed by atoms with Crippen molar-refractivity contribution in [3.63, 3.8) is 0 Å². The summed E-state index contributed by atoms with van der Waals surface area (Å²) in [6.45, 7) is 6.58. The summed E-state index contributed by atoms with van der Waals surface area (Å²) < 4.78 is 24.1. The van der Waals surface area contributed by atoms with Crippen LogP contribution in [-0.4, -0.2) is 20.2 Å². The van der Waals surface area contributed by atoms with Gasteiger partial charge in [0.15, 0.2) is 9.84 Å². The van der Waals surface area contributed by atoms with Gasteiger partial charge < -0.3 is 5.32 Å². The molecule has 1 aromatic rings. The zero-order valence-corrected chi connectivity index (χ0v) is 12.7. The zero-order chi connectivity index (χ0) is 14.0. The molecule has 1 heterocycles. The Labute approximate surface area is 116 Å². The monoisotopic (exact) mass is 281 g/mol. The van der Waals surface area contributed by atoms with Crippen molar-refractivity contribution in [1.82, 2.24) is 5.32 Å². The Hall–Kier alpha value is -0.870. The second-order valence-corrected chi connectivity index (χ2v) is 7.97. The van der Waals surface area contributed by atoms with Crippen LogP contribution in [0.3, 0.4) is 0 Å². The van der Waals surface area contributed by atoms with Crippen molar-refractivity contribution in [3.8, 4) is 0 Å². The maximum absolute atomic E-state index is 12.1. The topological polar surface area (TPSA) is 46.2 Å². The van der Waals surface area contributed by atoms with E-state index >= 15 is 0 Å². The van der Waals surface area contributed by atoms with Gasteiger partial charge in [-0.15, -0.1) is 0 Å². The number of sulfone groups is 1. The van der Waals surface area contributed by atoms with E-state index in [0.717, 1.165) is 12.0 Å². The van der Waals surface area contributed by atoms with Gasteiger partial charge in [0.05, 0.1) is 10.6 Å². The molecule has 0 radical (unpaired) electrons. The molecule has 1 aromatic carbocycles. The van der Waals surface area contributed by atoms with Crippen LogP contribution < -0.4 is 5.32 Å². The fourth-order valence-electron chi connectivity index (χ4n) is 2.88. The molecule has 1 N–H and O–H groups in total. The van der Waals surface area contributed by atoms with Gasteiger partial charge in [0.2, 0.25) is 0 Å². The third kappa shape index (κ3) is 3.37. The zero-order valence-electron chi connectivity index (χ0n) is 11.9. The Morgan fingerprint density at radius 1 is 1.26 bits per heavy atom. The number of fused-ring (bicyclic) bond motifs is 1. The Morgan fingerprint density at radius 2 is 1.95 bits per heavy atom. The Bertz CT molecular complexity index is 537. The molecule has 0 spiro atoms. The molecule has 0 fully saturated rings. The van der Waals surface area contributed by atoms with Crippen LogP contribution >= 0.6 is 0 Å². The number of hydrogen-bond acceptors (Lipinski definition) is 3. The van der Waals surface area contributed by atoms with E-state index in [1.54, 1.807) is 12.1 Å². The molecular formula is C15H23NO2S. The minimum atomic E-state index is -3.07. The SMILES string of the molecule is CC(C)CC(C)NC1CCS(=O)(=O)c2ccccc21. The average molecular weight is 281 g/mol. The number of benzene rings is 1. The smallest absolute Gasteiger partial charge is 0.178 e. The first-order valence-electron chi connectivity index (χ1n) is 6.98. The number of rotatable bonds is 4. The van der Waals surface area contributed by atoms with Gasteiger partial charge in [-0.25, -0.2) is 8.42 Å². The maximum atomic E-state index is 12.1. The maximum Gasteiger partial charge on any atom is 0.178 e. The molecule has 0 aromatic heterocycles. The van der Waals surface area contributed by atoms with Gasteiger partial charge in [-0.05, 0) is 37.3 Å². The van der Waals surface area contributed by atoms with Gasteiger partial charge in [0.25, 0.3) is 0 Å². The summed E-state index contributed by atoms with van der Waals surface area (Å²) in [5, 5.41) is 3.58. The van der Waals surface area contributed by atoms with Gasteiger partial charge in [-0.2, -0.15) is 0 Å². The normalized spacial score (nSPS) is 23.1. The first kappa shape index (κ1) is 14.5. The van der Waals surface area contributed by atoms with E-state index in [9.17, 15) is 8.42 Å². The van der Waals surface area contributed by atoms with E-state index in [1.165, 1.54) is 0 Å². The Kier molecular flexibility index (Phi) is 4.31. The summed E-state index contributed by atoms with van der Waals surface area (Å²) in [6.07, 6.45) is 1.77. The average Bonchev–Trinajstić information content (AvgIpc) is 2.32. The minimum Gasteiger partial charge on any atom is -0.307 e. The second-order valence-electron chi connectivity index (χ2n) is 5.90. The predicted octanol–water partition coefficient (Wildman–Crippen LogP) is 2.93. The van der Waals surface area contributed by atoms with E-state index in [-0.39, 0.29) is 11.8 Å². The summed E-state index contributed by atoms with van der Waals surface area (Å²) in [5.74, 6) is 0.890. The van der Waals surface area contributed by atoms with Crippen LogP contribution in [0.5, 0.6) is 0 Å². The first-order valence-corrected chi connectivity index (χ1v) is 8.63. The molecule has 19 heavy (non-hydrogen) atoms. The van der Waals surface area contributed by atoms with Gasteiger partial charge in [-0.1, -0.05) is 32.0 Å². The van der Waals surface area contributed by atoms with Gasteiger partial charge in [-0.3, -0.25) is 0 Å². The second kappa shape index (κ2) is 5.63. The van der Waals surface area contributed by atoms with Crippen molar-refractivity contribution >= 4 is 9.84 Å². The van der Waals surface area contributed by atoms with Crippen molar-refractivity contribution < 1.29 is 8.42 Å². The molecule has 0 saturated heterocycles. The van der Waals surface area contributed by atoms with Gasteiger partial charge >= 0.3 is 0 Å². The van der Waals surface area contributed by atoms with E-state index in [1.807, 2.05) is 12.1 Å². The quantitative estimate of drug-likeness (QED) is 0.923.